The lowest BCUT2D eigenvalue weighted by Crippen LogP contribution is -2.41. The molecule has 1 heterocycles. The number of nitrogens with zero attached hydrogens (tertiary/aromatic N) is 3. The van der Waals surface area contributed by atoms with Crippen LogP contribution in [0.15, 0.2) is 5.10 Å². The Balaban J connectivity index is 2.99. The molecule has 1 N–H and O–H groups in total. The molecule has 0 aromatic carbocycles. The summed E-state index contributed by atoms with van der Waals surface area (Å²) in [5, 5.41) is 3.78. The number of carbonyl (C=O) groups is 4. The van der Waals surface area contributed by atoms with Crippen LogP contribution in [0.2, 0.25) is 0 Å². The summed E-state index contributed by atoms with van der Waals surface area (Å²) in [4.78, 5) is 49.8. The zero-order valence-electron chi connectivity index (χ0n) is 14.2. The van der Waals surface area contributed by atoms with Crippen LogP contribution in [0.3, 0.4) is 0 Å². The third kappa shape index (κ3) is 4.43. The SMILES string of the molecule is CCCN1C(=O)N(CC(=O)OCC)C(=O)C1/C(C)=N/NC(=O)OC. The molecule has 1 fully saturated rings. The van der Waals surface area contributed by atoms with Crippen LogP contribution in [-0.2, 0) is 19.1 Å². The van der Waals surface area contributed by atoms with Gasteiger partial charge in [0.25, 0.3) is 5.91 Å². The number of hydrogen-bond donors (Lipinski definition) is 1. The predicted octanol–water partition coefficient (Wildman–Crippen LogP) is 0.324. The van der Waals surface area contributed by atoms with E-state index in [1.165, 1.54) is 18.9 Å². The molecule has 134 valence electrons. The van der Waals surface area contributed by atoms with E-state index in [-0.39, 0.29) is 12.3 Å². The number of hydrazone groups is 1. The maximum Gasteiger partial charge on any atom is 0.427 e. The van der Waals surface area contributed by atoms with Crippen molar-refractivity contribution in [2.24, 2.45) is 5.10 Å². The number of methoxy groups -OCH3 is 1. The number of hydrogen-bond acceptors (Lipinski definition) is 7. The number of esters is 1. The summed E-state index contributed by atoms with van der Waals surface area (Å²) in [6.45, 7) is 4.98. The molecule has 10 heteroatoms. The van der Waals surface area contributed by atoms with Gasteiger partial charge in [-0.25, -0.2) is 15.0 Å². The van der Waals surface area contributed by atoms with E-state index >= 15 is 0 Å². The molecule has 1 saturated heterocycles. The molecule has 1 aliphatic heterocycles. The minimum absolute atomic E-state index is 0.153. The molecule has 1 aliphatic rings. The molecule has 0 bridgehead atoms. The standard InChI is InChI=1S/C14H22N4O6/c1-5-7-17-11(9(3)15-16-13(21)23-4)12(20)18(14(17)22)8-10(19)24-6-2/h11H,5-8H2,1-4H3,(H,16,21)/b15-9+. The van der Waals surface area contributed by atoms with Crippen LogP contribution >= 0.6 is 0 Å². The second-order valence-electron chi connectivity index (χ2n) is 4.96. The van der Waals surface area contributed by atoms with Gasteiger partial charge < -0.3 is 14.4 Å². The number of carbonyl (C=O) groups excluding carboxylic acids is 4. The fourth-order valence-electron chi connectivity index (χ4n) is 2.23. The van der Waals surface area contributed by atoms with Crippen LogP contribution in [0, 0.1) is 0 Å². The van der Waals surface area contributed by atoms with E-state index in [2.05, 4.69) is 15.3 Å². The Hall–Kier alpha value is -2.65. The van der Waals surface area contributed by atoms with Crippen molar-refractivity contribution in [3.8, 4) is 0 Å². The number of nitrogens with one attached hydrogen (secondary N) is 1. The van der Waals surface area contributed by atoms with Crippen LogP contribution < -0.4 is 5.43 Å². The lowest BCUT2D eigenvalue weighted by Gasteiger charge is -2.20. The van der Waals surface area contributed by atoms with Crippen LogP contribution in [0.4, 0.5) is 9.59 Å². The summed E-state index contributed by atoms with van der Waals surface area (Å²) in [5.41, 5.74) is 2.32. The molecule has 0 radical (unpaired) electrons. The largest absolute Gasteiger partial charge is 0.465 e. The average Bonchev–Trinajstić information content (AvgIpc) is 2.77. The summed E-state index contributed by atoms with van der Waals surface area (Å²) in [6, 6.07) is -1.57. The van der Waals surface area contributed by atoms with Gasteiger partial charge in [-0.05, 0) is 20.3 Å². The first-order chi connectivity index (χ1) is 11.4. The van der Waals surface area contributed by atoms with Crippen molar-refractivity contribution in [1.29, 1.82) is 0 Å². The van der Waals surface area contributed by atoms with E-state index < -0.39 is 36.6 Å². The van der Waals surface area contributed by atoms with E-state index in [9.17, 15) is 19.2 Å². The van der Waals surface area contributed by atoms with Gasteiger partial charge in [-0.1, -0.05) is 6.92 Å². The first-order valence-electron chi connectivity index (χ1n) is 7.53. The third-order valence-corrected chi connectivity index (χ3v) is 3.25. The monoisotopic (exact) mass is 342 g/mol. The van der Waals surface area contributed by atoms with Crippen molar-refractivity contribution >= 4 is 29.7 Å². The molecule has 1 atom stereocenters. The molecule has 1 unspecified atom stereocenters. The Morgan fingerprint density at radius 1 is 1.29 bits per heavy atom. The Morgan fingerprint density at radius 3 is 2.50 bits per heavy atom. The molecule has 10 nitrogen and oxygen atoms in total. The first-order valence-corrected chi connectivity index (χ1v) is 7.53. The summed E-state index contributed by atoms with van der Waals surface area (Å²) < 4.78 is 9.17. The topological polar surface area (TPSA) is 118 Å². The quantitative estimate of drug-likeness (QED) is 0.308. The van der Waals surface area contributed by atoms with Crippen molar-refractivity contribution in [2.75, 3.05) is 26.8 Å². The molecule has 0 aromatic heterocycles. The molecule has 4 amide bonds. The second-order valence-corrected chi connectivity index (χ2v) is 4.96. The van der Waals surface area contributed by atoms with E-state index in [4.69, 9.17) is 4.74 Å². The summed E-state index contributed by atoms with van der Waals surface area (Å²) in [5.74, 6) is -1.26. The lowest BCUT2D eigenvalue weighted by atomic mass is 10.1. The smallest absolute Gasteiger partial charge is 0.427 e. The third-order valence-electron chi connectivity index (χ3n) is 3.25. The van der Waals surface area contributed by atoms with Crippen molar-refractivity contribution in [2.45, 2.75) is 33.2 Å². The normalized spacial score (nSPS) is 18.0. The zero-order valence-corrected chi connectivity index (χ0v) is 14.2. The van der Waals surface area contributed by atoms with E-state index in [0.717, 1.165) is 4.90 Å². The molecule has 0 aliphatic carbocycles. The fourth-order valence-corrected chi connectivity index (χ4v) is 2.23. The van der Waals surface area contributed by atoms with Gasteiger partial charge >= 0.3 is 18.1 Å². The van der Waals surface area contributed by atoms with Crippen LogP contribution in [0.1, 0.15) is 27.2 Å². The fraction of sp³-hybridized carbons (Fsp3) is 0.643. The van der Waals surface area contributed by atoms with Gasteiger partial charge in [0, 0.05) is 6.54 Å². The highest BCUT2D eigenvalue weighted by Gasteiger charge is 2.47. The highest BCUT2D eigenvalue weighted by molar-refractivity contribution is 6.18. The highest BCUT2D eigenvalue weighted by Crippen LogP contribution is 2.19. The number of imide groups is 1. The number of rotatable bonds is 7. The predicted molar refractivity (Wildman–Crippen MR) is 83.2 cm³/mol. The number of urea groups is 1. The highest BCUT2D eigenvalue weighted by atomic mass is 16.5. The number of amides is 4. The van der Waals surface area contributed by atoms with Crippen LogP contribution in [0.5, 0.6) is 0 Å². The maximum absolute atomic E-state index is 12.5. The zero-order chi connectivity index (χ0) is 18.3. The van der Waals surface area contributed by atoms with Gasteiger partial charge in [0.05, 0.1) is 19.4 Å². The van der Waals surface area contributed by atoms with Crippen molar-refractivity contribution in [1.82, 2.24) is 15.2 Å². The molecule has 0 aromatic rings. The van der Waals surface area contributed by atoms with Crippen LogP contribution in [0.25, 0.3) is 0 Å². The maximum atomic E-state index is 12.5. The summed E-state index contributed by atoms with van der Waals surface area (Å²) >= 11 is 0. The van der Waals surface area contributed by atoms with Gasteiger partial charge in [0.1, 0.15) is 6.54 Å². The minimum Gasteiger partial charge on any atom is -0.465 e. The molecule has 1 rings (SSSR count). The second kappa shape index (κ2) is 8.85. The average molecular weight is 342 g/mol. The molecular weight excluding hydrogens is 320 g/mol. The van der Waals surface area contributed by atoms with E-state index in [1.54, 1.807) is 6.92 Å². The van der Waals surface area contributed by atoms with Gasteiger partial charge in [0.15, 0.2) is 6.04 Å². The van der Waals surface area contributed by atoms with Crippen molar-refractivity contribution in [3.05, 3.63) is 0 Å². The van der Waals surface area contributed by atoms with Crippen molar-refractivity contribution in [3.63, 3.8) is 0 Å². The summed E-state index contributed by atoms with van der Waals surface area (Å²) in [6.07, 6.45) is -0.183. The molecular formula is C14H22N4O6. The van der Waals surface area contributed by atoms with E-state index in [1.807, 2.05) is 6.92 Å². The number of ether oxygens (including phenoxy) is 2. The van der Waals surface area contributed by atoms with Crippen molar-refractivity contribution < 1.29 is 28.7 Å². The Kier molecular flexibility index (Phi) is 7.15. The van der Waals surface area contributed by atoms with E-state index in [0.29, 0.717) is 13.0 Å². The van der Waals surface area contributed by atoms with Gasteiger partial charge in [-0.3, -0.25) is 14.5 Å². The molecule has 0 spiro atoms. The van der Waals surface area contributed by atoms with Gasteiger partial charge in [-0.15, -0.1) is 0 Å². The Bertz CT molecular complexity index is 547. The minimum atomic E-state index is -0.982. The molecule has 0 saturated carbocycles. The van der Waals surface area contributed by atoms with Gasteiger partial charge in [0.2, 0.25) is 0 Å². The summed E-state index contributed by atoms with van der Waals surface area (Å²) in [7, 11) is 1.18. The Morgan fingerprint density at radius 2 is 1.96 bits per heavy atom. The lowest BCUT2D eigenvalue weighted by molar-refractivity contribution is -0.146. The Labute approximate surface area is 139 Å². The van der Waals surface area contributed by atoms with Gasteiger partial charge in [-0.2, -0.15) is 5.10 Å². The molecule has 24 heavy (non-hydrogen) atoms. The van der Waals surface area contributed by atoms with Crippen LogP contribution in [-0.4, -0.2) is 72.4 Å². The first kappa shape index (κ1) is 19.4.